The molecule has 4 nitrogen and oxygen atoms in total. The third-order valence-electron chi connectivity index (χ3n) is 2.14. The van der Waals surface area contributed by atoms with Gasteiger partial charge in [-0.2, -0.15) is 18.4 Å². The Hall–Kier alpha value is -1.97. The summed E-state index contributed by atoms with van der Waals surface area (Å²) in [4.78, 5) is 4.77. The van der Waals surface area contributed by atoms with Gasteiger partial charge in [0.05, 0.1) is 11.3 Å². The average molecular weight is 244 g/mol. The number of rotatable bonds is 3. The summed E-state index contributed by atoms with van der Waals surface area (Å²) in [5.74, 6) is -0.0103. The Morgan fingerprint density at radius 2 is 2.18 bits per heavy atom. The third-order valence-corrected chi connectivity index (χ3v) is 2.14. The minimum Gasteiger partial charge on any atom is -0.395 e. The first-order chi connectivity index (χ1) is 7.89. The van der Waals surface area contributed by atoms with E-state index in [2.05, 4.69) is 4.98 Å². The lowest BCUT2D eigenvalue weighted by molar-refractivity contribution is -0.119. The highest BCUT2D eigenvalue weighted by molar-refractivity contribution is 5.69. The summed E-state index contributed by atoms with van der Waals surface area (Å²) in [6, 6.07) is 3.17. The molecule has 0 unspecified atom stereocenters. The summed E-state index contributed by atoms with van der Waals surface area (Å²) in [7, 11) is 0. The molecule has 0 aliphatic rings. The second-order valence-corrected chi connectivity index (χ2v) is 3.34. The van der Waals surface area contributed by atoms with E-state index in [4.69, 9.17) is 11.0 Å². The lowest BCUT2D eigenvalue weighted by Gasteiger charge is -2.24. The molecule has 0 spiro atoms. The number of nitrogen functional groups attached to an aromatic ring is 1. The largest absolute Gasteiger partial charge is 0.405 e. The second-order valence-electron chi connectivity index (χ2n) is 3.34. The molecule has 0 radical (unpaired) electrons. The molecule has 0 aliphatic heterocycles. The van der Waals surface area contributed by atoms with Gasteiger partial charge >= 0.3 is 6.18 Å². The van der Waals surface area contributed by atoms with Crippen molar-refractivity contribution in [2.45, 2.75) is 13.1 Å². The van der Waals surface area contributed by atoms with Crippen molar-refractivity contribution in [1.82, 2.24) is 4.98 Å². The van der Waals surface area contributed by atoms with E-state index in [0.717, 1.165) is 4.90 Å². The first-order valence-electron chi connectivity index (χ1n) is 4.85. The first kappa shape index (κ1) is 13.1. The molecule has 2 N–H and O–H groups in total. The normalized spacial score (nSPS) is 11.0. The molecule has 1 aromatic rings. The van der Waals surface area contributed by atoms with Crippen LogP contribution in [0.2, 0.25) is 0 Å². The molecule has 7 heteroatoms. The van der Waals surface area contributed by atoms with E-state index in [1.807, 2.05) is 0 Å². The number of nitrogens with zero attached hydrogens (tertiary/aromatic N) is 3. The van der Waals surface area contributed by atoms with E-state index < -0.39 is 12.7 Å². The highest BCUT2D eigenvalue weighted by Gasteiger charge is 2.31. The Bertz CT molecular complexity index is 436. The molecular formula is C10H11F3N4. The van der Waals surface area contributed by atoms with Crippen molar-refractivity contribution >= 4 is 11.5 Å². The molecule has 0 saturated heterocycles. The van der Waals surface area contributed by atoms with Gasteiger partial charge in [0, 0.05) is 12.7 Å². The monoisotopic (exact) mass is 244 g/mol. The predicted octanol–water partition coefficient (Wildman–Crippen LogP) is 1.92. The minimum absolute atomic E-state index is 0.0103. The summed E-state index contributed by atoms with van der Waals surface area (Å²) in [5, 5.41) is 8.73. The van der Waals surface area contributed by atoms with E-state index in [9.17, 15) is 13.2 Å². The molecule has 0 amide bonds. The number of nitriles is 1. The Labute approximate surface area is 96.5 Å². The van der Waals surface area contributed by atoms with E-state index in [0.29, 0.717) is 0 Å². The first-order valence-corrected chi connectivity index (χ1v) is 4.85. The molecule has 92 valence electrons. The van der Waals surface area contributed by atoms with Crippen LogP contribution < -0.4 is 10.6 Å². The molecule has 0 atom stereocenters. The number of hydrogen-bond acceptors (Lipinski definition) is 4. The molecule has 1 rings (SSSR count). The third kappa shape index (κ3) is 3.24. The summed E-state index contributed by atoms with van der Waals surface area (Å²) in [6.07, 6.45) is -3.07. The molecule has 0 saturated carbocycles. The fraction of sp³-hybridized carbons (Fsp3) is 0.400. The van der Waals surface area contributed by atoms with Crippen molar-refractivity contribution < 1.29 is 13.2 Å². The minimum atomic E-state index is -4.34. The molecule has 0 aromatic carbocycles. The van der Waals surface area contributed by atoms with Crippen molar-refractivity contribution in [3.8, 4) is 6.07 Å². The van der Waals surface area contributed by atoms with Crippen LogP contribution in [0.4, 0.5) is 24.7 Å². The molecule has 17 heavy (non-hydrogen) atoms. The van der Waals surface area contributed by atoms with Crippen LogP contribution in [0.15, 0.2) is 12.3 Å². The van der Waals surface area contributed by atoms with Crippen molar-refractivity contribution in [2.75, 3.05) is 23.7 Å². The number of anilines is 2. The van der Waals surface area contributed by atoms with Gasteiger partial charge in [-0.25, -0.2) is 4.98 Å². The zero-order chi connectivity index (χ0) is 13.1. The van der Waals surface area contributed by atoms with Crippen LogP contribution in [0.25, 0.3) is 0 Å². The number of aromatic nitrogens is 1. The maximum atomic E-state index is 12.3. The van der Waals surface area contributed by atoms with Gasteiger partial charge in [-0.05, 0) is 13.0 Å². The molecular weight excluding hydrogens is 233 g/mol. The fourth-order valence-electron chi connectivity index (χ4n) is 1.36. The SMILES string of the molecule is CCN(CC(F)(F)F)c1nccc(C#N)c1N. The maximum Gasteiger partial charge on any atom is 0.405 e. The lowest BCUT2D eigenvalue weighted by atomic mass is 10.2. The summed E-state index contributed by atoms with van der Waals surface area (Å²) in [6.45, 7) is 0.521. The zero-order valence-electron chi connectivity index (χ0n) is 9.12. The van der Waals surface area contributed by atoms with Gasteiger partial charge in [0.25, 0.3) is 0 Å². The van der Waals surface area contributed by atoms with Gasteiger partial charge in [-0.1, -0.05) is 0 Å². The molecule has 0 fully saturated rings. The highest BCUT2D eigenvalue weighted by Crippen LogP contribution is 2.26. The fourth-order valence-corrected chi connectivity index (χ4v) is 1.36. The van der Waals surface area contributed by atoms with Gasteiger partial charge < -0.3 is 10.6 Å². The lowest BCUT2D eigenvalue weighted by Crippen LogP contribution is -2.35. The van der Waals surface area contributed by atoms with Crippen LogP contribution in [-0.2, 0) is 0 Å². The van der Waals surface area contributed by atoms with Crippen LogP contribution in [0.5, 0.6) is 0 Å². The number of halogens is 3. The number of nitrogens with two attached hydrogens (primary N) is 1. The number of hydrogen-bond donors (Lipinski definition) is 1. The van der Waals surface area contributed by atoms with Crippen molar-refractivity contribution in [2.24, 2.45) is 0 Å². The molecule has 1 aromatic heterocycles. The highest BCUT2D eigenvalue weighted by atomic mass is 19.4. The Kier molecular flexibility index (Phi) is 3.78. The predicted molar refractivity (Wildman–Crippen MR) is 57.3 cm³/mol. The van der Waals surface area contributed by atoms with E-state index in [1.54, 1.807) is 13.0 Å². The molecule has 0 bridgehead atoms. The summed E-state index contributed by atoms with van der Waals surface area (Å²) in [5.41, 5.74) is 5.69. The van der Waals surface area contributed by atoms with E-state index in [1.165, 1.54) is 12.3 Å². The summed E-state index contributed by atoms with van der Waals surface area (Å²) >= 11 is 0. The Balaban J connectivity index is 3.09. The van der Waals surface area contributed by atoms with Crippen LogP contribution in [-0.4, -0.2) is 24.2 Å². The van der Waals surface area contributed by atoms with Gasteiger partial charge in [-0.15, -0.1) is 0 Å². The maximum absolute atomic E-state index is 12.3. The quantitative estimate of drug-likeness (QED) is 0.882. The summed E-state index contributed by atoms with van der Waals surface area (Å²) < 4.78 is 37.0. The topological polar surface area (TPSA) is 65.9 Å². The van der Waals surface area contributed by atoms with Gasteiger partial charge in [0.15, 0.2) is 5.82 Å². The Morgan fingerprint density at radius 3 is 2.65 bits per heavy atom. The van der Waals surface area contributed by atoms with Crippen LogP contribution in [0.1, 0.15) is 12.5 Å². The number of pyridine rings is 1. The van der Waals surface area contributed by atoms with E-state index in [-0.39, 0.29) is 23.6 Å². The Morgan fingerprint density at radius 1 is 1.53 bits per heavy atom. The smallest absolute Gasteiger partial charge is 0.395 e. The van der Waals surface area contributed by atoms with Gasteiger partial charge in [0.1, 0.15) is 12.6 Å². The van der Waals surface area contributed by atoms with Crippen LogP contribution in [0, 0.1) is 11.3 Å². The molecule has 1 heterocycles. The van der Waals surface area contributed by atoms with Crippen molar-refractivity contribution in [3.63, 3.8) is 0 Å². The van der Waals surface area contributed by atoms with Crippen molar-refractivity contribution in [1.29, 1.82) is 5.26 Å². The van der Waals surface area contributed by atoms with E-state index >= 15 is 0 Å². The average Bonchev–Trinajstić information content (AvgIpc) is 2.25. The standard InChI is InChI=1S/C10H11F3N4/c1-2-17(6-10(11,12)13)9-8(15)7(5-14)3-4-16-9/h3-4H,2,6,15H2,1H3. The van der Waals surface area contributed by atoms with Crippen LogP contribution >= 0.6 is 0 Å². The second kappa shape index (κ2) is 4.91. The number of alkyl halides is 3. The zero-order valence-corrected chi connectivity index (χ0v) is 9.12. The van der Waals surface area contributed by atoms with Crippen molar-refractivity contribution in [3.05, 3.63) is 17.8 Å². The van der Waals surface area contributed by atoms with Gasteiger partial charge in [-0.3, -0.25) is 0 Å². The van der Waals surface area contributed by atoms with Gasteiger partial charge in [0.2, 0.25) is 0 Å². The molecule has 0 aliphatic carbocycles. The van der Waals surface area contributed by atoms with Crippen LogP contribution in [0.3, 0.4) is 0 Å².